The summed E-state index contributed by atoms with van der Waals surface area (Å²) in [6.07, 6.45) is 13.7. The van der Waals surface area contributed by atoms with E-state index in [2.05, 4.69) is 42.9 Å². The second-order valence-corrected chi connectivity index (χ2v) is 14.3. The summed E-state index contributed by atoms with van der Waals surface area (Å²) in [6, 6.07) is 0. The first-order valence-corrected chi connectivity index (χ1v) is 15.1. The summed E-state index contributed by atoms with van der Waals surface area (Å²) >= 11 is 1.55. The van der Waals surface area contributed by atoms with Gasteiger partial charge < -0.3 is 15.0 Å². The van der Waals surface area contributed by atoms with Crippen molar-refractivity contribution in [2.45, 2.75) is 103 Å². The molecular weight excluding hydrogens is 442 g/mol. The molecule has 6 aliphatic rings. The third-order valence-corrected chi connectivity index (χ3v) is 12.6. The molecular formula is C28H45N3O2S. The molecule has 0 aromatic rings. The molecule has 6 heteroatoms. The van der Waals surface area contributed by atoms with Gasteiger partial charge in [0.2, 0.25) is 5.91 Å². The van der Waals surface area contributed by atoms with Crippen LogP contribution in [0.5, 0.6) is 0 Å². The summed E-state index contributed by atoms with van der Waals surface area (Å²) in [4.78, 5) is 19.9. The summed E-state index contributed by atoms with van der Waals surface area (Å²) in [7, 11) is 0. The van der Waals surface area contributed by atoms with E-state index < -0.39 is 5.72 Å². The van der Waals surface area contributed by atoms with Gasteiger partial charge in [-0.3, -0.25) is 9.79 Å². The second-order valence-electron chi connectivity index (χ2n) is 13.3. The zero-order valence-corrected chi connectivity index (χ0v) is 22.6. The van der Waals surface area contributed by atoms with Crippen LogP contribution in [0.1, 0.15) is 91.9 Å². The van der Waals surface area contributed by atoms with Gasteiger partial charge in [-0.2, -0.15) is 0 Å². The fourth-order valence-electron chi connectivity index (χ4n) is 9.90. The predicted molar refractivity (Wildman–Crippen MR) is 139 cm³/mol. The number of aliphatic imine (C=N–C) groups is 1. The zero-order chi connectivity index (χ0) is 23.8. The smallest absolute Gasteiger partial charge is 0.235 e. The van der Waals surface area contributed by atoms with Crippen LogP contribution in [0.3, 0.4) is 0 Å². The van der Waals surface area contributed by atoms with E-state index in [0.29, 0.717) is 11.2 Å². The van der Waals surface area contributed by atoms with E-state index in [9.17, 15) is 4.79 Å². The number of hydrogen-bond donors (Lipinski definition) is 1. The van der Waals surface area contributed by atoms with Crippen molar-refractivity contribution in [3.8, 4) is 0 Å². The van der Waals surface area contributed by atoms with Crippen molar-refractivity contribution in [2.75, 3.05) is 25.4 Å². The molecule has 190 valence electrons. The van der Waals surface area contributed by atoms with E-state index in [1.54, 1.807) is 11.8 Å². The molecule has 1 saturated heterocycles. The Hall–Kier alpha value is -0.750. The fraction of sp³-hybridized carbons (Fsp3) is 0.929. The molecule has 0 aromatic heterocycles. The molecule has 1 spiro atoms. The molecule has 1 N–H and O–H groups in total. The number of amidine groups is 1. The van der Waals surface area contributed by atoms with Gasteiger partial charge in [-0.05, 0) is 94.3 Å². The van der Waals surface area contributed by atoms with Crippen molar-refractivity contribution in [1.29, 1.82) is 0 Å². The van der Waals surface area contributed by atoms with E-state index in [0.717, 1.165) is 54.9 Å². The van der Waals surface area contributed by atoms with Gasteiger partial charge in [0.15, 0.2) is 5.17 Å². The summed E-state index contributed by atoms with van der Waals surface area (Å²) < 4.78 is 7.04. The SMILES string of the molecule is CC1(C)O[C@]2(CC[C@@H]3[C@H]4CC[C@H]5CCCC[C@]5(C)[C@@H]4CC[C@@]32C)CN1C(=O)CSC1=NCCN1. The van der Waals surface area contributed by atoms with Crippen LogP contribution < -0.4 is 5.32 Å². The first kappa shape index (κ1) is 23.6. The summed E-state index contributed by atoms with van der Waals surface area (Å²) in [5.41, 5.74) is 0.0388. The number of thioether (sulfide) groups is 1. The van der Waals surface area contributed by atoms with Crippen LogP contribution in [0, 0.1) is 34.5 Å². The molecule has 0 bridgehead atoms. The summed E-state index contributed by atoms with van der Waals surface area (Å²) in [6.45, 7) is 11.9. The van der Waals surface area contributed by atoms with Crippen molar-refractivity contribution in [3.05, 3.63) is 0 Å². The van der Waals surface area contributed by atoms with Crippen LogP contribution >= 0.6 is 11.8 Å². The number of carbonyl (C=O) groups is 1. The van der Waals surface area contributed by atoms with Gasteiger partial charge in [0.25, 0.3) is 0 Å². The van der Waals surface area contributed by atoms with Gasteiger partial charge in [-0.25, -0.2) is 0 Å². The number of amides is 1. The van der Waals surface area contributed by atoms with Gasteiger partial charge in [-0.1, -0.05) is 38.5 Å². The Bertz CT molecular complexity index is 876. The van der Waals surface area contributed by atoms with Crippen molar-refractivity contribution in [3.63, 3.8) is 0 Å². The number of ether oxygens (including phenoxy) is 1. The first-order valence-electron chi connectivity index (χ1n) is 14.1. The molecule has 5 nitrogen and oxygen atoms in total. The van der Waals surface area contributed by atoms with Gasteiger partial charge in [0.1, 0.15) is 5.72 Å². The molecule has 4 saturated carbocycles. The summed E-state index contributed by atoms with van der Waals surface area (Å²) in [5, 5.41) is 4.19. The number of nitrogens with zero attached hydrogens (tertiary/aromatic N) is 2. The van der Waals surface area contributed by atoms with Crippen LogP contribution in [-0.2, 0) is 9.53 Å². The predicted octanol–water partition coefficient (Wildman–Crippen LogP) is 5.45. The highest BCUT2D eigenvalue weighted by Crippen LogP contribution is 2.70. The maximum atomic E-state index is 13.4. The lowest BCUT2D eigenvalue weighted by molar-refractivity contribution is -0.188. The lowest BCUT2D eigenvalue weighted by Gasteiger charge is -2.61. The second kappa shape index (κ2) is 8.13. The van der Waals surface area contributed by atoms with Crippen LogP contribution in [0.2, 0.25) is 0 Å². The topological polar surface area (TPSA) is 53.9 Å². The first-order chi connectivity index (χ1) is 16.2. The highest BCUT2D eigenvalue weighted by molar-refractivity contribution is 8.14. The summed E-state index contributed by atoms with van der Waals surface area (Å²) in [5.74, 6) is 4.12. The standard InChI is InChI=1S/C28H45N3O2S/c1-25(2)31(23(32)17-34-24-29-15-16-30-24)18-28(33-25)14-11-22-20-9-8-19-7-5-6-12-26(19,3)21(20)10-13-27(22,28)4/h19-22H,5-18H2,1-4H3,(H,29,30)/t19-,20+,21-,22-,26+,27+,28-/m1/s1. The fourth-order valence-corrected chi connectivity index (χ4v) is 10.7. The zero-order valence-electron chi connectivity index (χ0n) is 21.8. The van der Waals surface area contributed by atoms with E-state index in [1.165, 1.54) is 57.8 Å². The average Bonchev–Trinajstić information content (AvgIpc) is 3.49. The molecule has 34 heavy (non-hydrogen) atoms. The Morgan fingerprint density at radius 2 is 1.88 bits per heavy atom. The lowest BCUT2D eigenvalue weighted by atomic mass is 9.44. The minimum absolute atomic E-state index is 0.181. The average molecular weight is 488 g/mol. The maximum Gasteiger partial charge on any atom is 0.235 e. The highest BCUT2D eigenvalue weighted by Gasteiger charge is 2.69. The van der Waals surface area contributed by atoms with Gasteiger partial charge >= 0.3 is 0 Å². The Morgan fingerprint density at radius 1 is 1.06 bits per heavy atom. The molecule has 4 aliphatic carbocycles. The molecule has 0 aromatic carbocycles. The number of nitrogens with one attached hydrogen (secondary N) is 1. The minimum Gasteiger partial charge on any atom is -0.363 e. The number of rotatable bonds is 2. The van der Waals surface area contributed by atoms with Crippen molar-refractivity contribution < 1.29 is 9.53 Å². The molecule has 5 fully saturated rings. The molecule has 0 unspecified atom stereocenters. The van der Waals surface area contributed by atoms with E-state index in [-0.39, 0.29) is 16.9 Å². The van der Waals surface area contributed by atoms with Crippen LogP contribution in [-0.4, -0.2) is 52.7 Å². The number of fused-ring (bicyclic) bond motifs is 6. The van der Waals surface area contributed by atoms with Gasteiger partial charge in [0, 0.05) is 12.0 Å². The minimum atomic E-state index is -0.537. The van der Waals surface area contributed by atoms with Crippen molar-refractivity contribution in [1.82, 2.24) is 10.2 Å². The molecule has 2 heterocycles. The highest BCUT2D eigenvalue weighted by atomic mass is 32.2. The van der Waals surface area contributed by atoms with Crippen LogP contribution in [0.15, 0.2) is 4.99 Å². The van der Waals surface area contributed by atoms with Crippen LogP contribution in [0.4, 0.5) is 0 Å². The Kier molecular flexibility index (Phi) is 5.65. The Balaban J connectivity index is 1.21. The van der Waals surface area contributed by atoms with Crippen LogP contribution in [0.25, 0.3) is 0 Å². The maximum absolute atomic E-state index is 13.4. The third kappa shape index (κ3) is 3.36. The molecule has 1 amide bonds. The van der Waals surface area contributed by atoms with E-state index in [1.807, 2.05) is 0 Å². The quantitative estimate of drug-likeness (QED) is 0.563. The monoisotopic (exact) mass is 487 g/mol. The number of hydrogen-bond acceptors (Lipinski definition) is 5. The van der Waals surface area contributed by atoms with E-state index >= 15 is 0 Å². The van der Waals surface area contributed by atoms with Crippen molar-refractivity contribution >= 4 is 22.8 Å². The lowest BCUT2D eigenvalue weighted by Crippen LogP contribution is -2.57. The van der Waals surface area contributed by atoms with Crippen molar-refractivity contribution in [2.24, 2.45) is 39.5 Å². The molecule has 0 radical (unpaired) electrons. The largest absolute Gasteiger partial charge is 0.363 e. The normalized spacial score (nSPS) is 47.1. The van der Waals surface area contributed by atoms with Gasteiger partial charge in [-0.15, -0.1) is 0 Å². The Labute approximate surface area is 210 Å². The molecule has 7 atom stereocenters. The molecule has 2 aliphatic heterocycles. The Morgan fingerprint density at radius 3 is 2.68 bits per heavy atom. The molecule has 6 rings (SSSR count). The third-order valence-electron chi connectivity index (χ3n) is 11.7. The van der Waals surface area contributed by atoms with Gasteiger partial charge in [0.05, 0.1) is 24.4 Å². The van der Waals surface area contributed by atoms with E-state index in [4.69, 9.17) is 4.74 Å². The number of carbonyl (C=O) groups excluding carboxylic acids is 1.